The fraction of sp³-hybridized carbons (Fsp3) is 0.143. The van der Waals surface area contributed by atoms with E-state index in [0.29, 0.717) is 22.0 Å². The molecule has 0 saturated carbocycles. The minimum atomic E-state index is -0.671. The lowest BCUT2D eigenvalue weighted by molar-refractivity contribution is 0.102. The van der Waals surface area contributed by atoms with Gasteiger partial charge in [-0.1, -0.05) is 16.4 Å². The first kappa shape index (κ1) is 16.0. The number of fused-ring (bicyclic) bond motifs is 3. The molecule has 0 aliphatic heterocycles. The van der Waals surface area contributed by atoms with Crippen LogP contribution < -0.4 is 20.3 Å². The van der Waals surface area contributed by atoms with Crippen LogP contribution in [0.25, 0.3) is 15.2 Å². The normalized spacial score (nSPS) is 11.0. The standard InChI is InChI=1S/C14H11N7O4S/c1-24-8-3-7-10(4-9(8)25-2)26-14-15-5-6(12(23)21(7)14)11(22)16-13-17-19-20-18-13/h3-5H,1-2H3,(H2,16,17,18,19,20,22). The monoisotopic (exact) mass is 373 g/mol. The van der Waals surface area contributed by atoms with Crippen LogP contribution in [-0.2, 0) is 0 Å². The number of H-pyrrole nitrogens is 1. The van der Waals surface area contributed by atoms with Gasteiger partial charge < -0.3 is 9.47 Å². The molecule has 12 heteroatoms. The van der Waals surface area contributed by atoms with Crippen molar-refractivity contribution in [2.75, 3.05) is 19.5 Å². The molecule has 2 N–H and O–H groups in total. The lowest BCUT2D eigenvalue weighted by Crippen LogP contribution is -2.26. The quantitative estimate of drug-likeness (QED) is 0.533. The van der Waals surface area contributed by atoms with Gasteiger partial charge in [0.1, 0.15) is 5.56 Å². The summed E-state index contributed by atoms with van der Waals surface area (Å²) >= 11 is 1.30. The Morgan fingerprint density at radius 1 is 1.27 bits per heavy atom. The highest BCUT2D eigenvalue weighted by atomic mass is 32.1. The van der Waals surface area contributed by atoms with E-state index in [1.54, 1.807) is 12.1 Å². The van der Waals surface area contributed by atoms with Crippen LogP contribution in [0.5, 0.6) is 11.5 Å². The van der Waals surface area contributed by atoms with Crippen LogP contribution in [0.3, 0.4) is 0 Å². The molecule has 3 heterocycles. The summed E-state index contributed by atoms with van der Waals surface area (Å²) in [5.74, 6) is 0.362. The first-order valence-corrected chi connectivity index (χ1v) is 8.05. The van der Waals surface area contributed by atoms with E-state index in [1.807, 2.05) is 0 Å². The number of nitrogens with zero attached hydrogens (tertiary/aromatic N) is 5. The molecule has 0 radical (unpaired) electrons. The average Bonchev–Trinajstić information content (AvgIpc) is 3.27. The van der Waals surface area contributed by atoms with Gasteiger partial charge in [0.2, 0.25) is 5.95 Å². The van der Waals surface area contributed by atoms with E-state index in [-0.39, 0.29) is 11.5 Å². The van der Waals surface area contributed by atoms with Gasteiger partial charge in [-0.15, -0.1) is 0 Å². The van der Waals surface area contributed by atoms with Crippen molar-refractivity contribution in [3.63, 3.8) is 0 Å². The minimum absolute atomic E-state index is 0.0288. The van der Waals surface area contributed by atoms with Crippen LogP contribution >= 0.6 is 11.3 Å². The number of benzene rings is 1. The molecule has 4 rings (SSSR count). The molecule has 26 heavy (non-hydrogen) atoms. The maximum absolute atomic E-state index is 12.9. The smallest absolute Gasteiger partial charge is 0.271 e. The van der Waals surface area contributed by atoms with E-state index in [0.717, 1.165) is 4.70 Å². The number of ether oxygens (including phenoxy) is 2. The second-order valence-electron chi connectivity index (χ2n) is 5.08. The number of carbonyl (C=O) groups excluding carboxylic acids is 1. The molecule has 11 nitrogen and oxygen atoms in total. The van der Waals surface area contributed by atoms with Crippen molar-refractivity contribution in [2.24, 2.45) is 0 Å². The summed E-state index contributed by atoms with van der Waals surface area (Å²) in [4.78, 5) is 29.9. The second kappa shape index (κ2) is 6.07. The summed E-state index contributed by atoms with van der Waals surface area (Å²) in [5, 5.41) is 15.0. The maximum Gasteiger partial charge on any atom is 0.271 e. The van der Waals surface area contributed by atoms with Gasteiger partial charge in [-0.3, -0.25) is 19.3 Å². The van der Waals surface area contributed by atoms with Gasteiger partial charge in [-0.2, -0.15) is 0 Å². The molecule has 0 aliphatic carbocycles. The molecule has 0 spiro atoms. The molecular weight excluding hydrogens is 362 g/mol. The van der Waals surface area contributed by atoms with Crippen LogP contribution in [0, 0.1) is 0 Å². The van der Waals surface area contributed by atoms with Crippen molar-refractivity contribution < 1.29 is 14.3 Å². The summed E-state index contributed by atoms with van der Waals surface area (Å²) in [7, 11) is 3.03. The summed E-state index contributed by atoms with van der Waals surface area (Å²) in [6.07, 6.45) is 1.22. The molecular formula is C14H11N7O4S. The molecule has 0 saturated heterocycles. The lowest BCUT2D eigenvalue weighted by Gasteiger charge is -2.07. The number of methoxy groups -OCH3 is 2. The largest absolute Gasteiger partial charge is 0.493 e. The van der Waals surface area contributed by atoms with Gasteiger partial charge in [0, 0.05) is 18.3 Å². The predicted octanol–water partition coefficient (Wildman–Crippen LogP) is 0.692. The minimum Gasteiger partial charge on any atom is -0.493 e. The molecule has 3 aromatic heterocycles. The number of amides is 1. The number of hydrogen-bond acceptors (Lipinski definition) is 9. The van der Waals surface area contributed by atoms with Gasteiger partial charge in [-0.25, -0.2) is 10.1 Å². The zero-order valence-electron chi connectivity index (χ0n) is 13.5. The molecule has 4 aromatic rings. The zero-order chi connectivity index (χ0) is 18.3. The third kappa shape index (κ3) is 2.43. The van der Waals surface area contributed by atoms with Crippen LogP contribution in [0.2, 0.25) is 0 Å². The number of rotatable bonds is 4. The number of aromatic amines is 1. The number of thiazole rings is 1. The van der Waals surface area contributed by atoms with Gasteiger partial charge in [0.05, 0.1) is 24.4 Å². The number of carbonyl (C=O) groups is 1. The molecule has 0 fully saturated rings. The van der Waals surface area contributed by atoms with Crippen LogP contribution in [0.4, 0.5) is 5.95 Å². The Bertz CT molecular complexity index is 1180. The second-order valence-corrected chi connectivity index (χ2v) is 6.09. The van der Waals surface area contributed by atoms with E-state index in [4.69, 9.17) is 9.47 Å². The SMILES string of the molecule is COc1cc2sc3ncc(C(=O)Nc4nnn[nH]4)c(=O)n3c2cc1OC. The highest BCUT2D eigenvalue weighted by Gasteiger charge is 2.19. The van der Waals surface area contributed by atoms with Crippen LogP contribution in [0.1, 0.15) is 10.4 Å². The molecule has 0 bridgehead atoms. The van der Waals surface area contributed by atoms with Crippen molar-refractivity contribution in [2.45, 2.75) is 0 Å². The van der Waals surface area contributed by atoms with E-state index in [1.165, 1.54) is 36.2 Å². The molecule has 0 atom stereocenters. The van der Waals surface area contributed by atoms with E-state index in [2.05, 4.69) is 30.9 Å². The number of nitrogens with one attached hydrogen (secondary N) is 2. The third-order valence-corrected chi connectivity index (χ3v) is 4.68. The fourth-order valence-electron chi connectivity index (χ4n) is 2.47. The van der Waals surface area contributed by atoms with Crippen molar-refractivity contribution in [1.82, 2.24) is 30.0 Å². The molecule has 132 valence electrons. The van der Waals surface area contributed by atoms with Gasteiger partial charge >= 0.3 is 0 Å². The molecule has 0 unspecified atom stereocenters. The average molecular weight is 373 g/mol. The van der Waals surface area contributed by atoms with E-state index >= 15 is 0 Å². The lowest BCUT2D eigenvalue weighted by atomic mass is 10.2. The fourth-order valence-corrected chi connectivity index (χ4v) is 3.47. The molecule has 1 amide bonds. The first-order chi connectivity index (χ1) is 12.6. The first-order valence-electron chi connectivity index (χ1n) is 7.23. The topological polar surface area (TPSA) is 136 Å². The Morgan fingerprint density at radius 2 is 2.04 bits per heavy atom. The summed E-state index contributed by atoms with van der Waals surface area (Å²) in [5.41, 5.74) is -0.0945. The summed E-state index contributed by atoms with van der Waals surface area (Å²) in [6, 6.07) is 3.43. The van der Waals surface area contributed by atoms with Gasteiger partial charge in [0.15, 0.2) is 16.5 Å². The predicted molar refractivity (Wildman–Crippen MR) is 92.1 cm³/mol. The number of hydrogen-bond donors (Lipinski definition) is 2. The Balaban J connectivity index is 1.89. The van der Waals surface area contributed by atoms with Gasteiger partial charge in [-0.05, 0) is 10.4 Å². The Hall–Kier alpha value is -3.54. The van der Waals surface area contributed by atoms with Crippen molar-refractivity contribution >= 4 is 38.4 Å². The summed E-state index contributed by atoms with van der Waals surface area (Å²) in [6.45, 7) is 0. The Kier molecular flexibility index (Phi) is 3.73. The van der Waals surface area contributed by atoms with Gasteiger partial charge in [0.25, 0.3) is 11.5 Å². The Morgan fingerprint density at radius 3 is 2.73 bits per heavy atom. The van der Waals surface area contributed by atoms with E-state index < -0.39 is 11.5 Å². The summed E-state index contributed by atoms with van der Waals surface area (Å²) < 4.78 is 12.7. The molecule has 0 aliphatic rings. The maximum atomic E-state index is 12.9. The number of anilines is 1. The van der Waals surface area contributed by atoms with Crippen molar-refractivity contribution in [3.8, 4) is 11.5 Å². The third-order valence-electron chi connectivity index (χ3n) is 3.66. The highest BCUT2D eigenvalue weighted by Crippen LogP contribution is 2.35. The number of aromatic nitrogens is 6. The van der Waals surface area contributed by atoms with Crippen LogP contribution in [-0.4, -0.2) is 50.1 Å². The zero-order valence-corrected chi connectivity index (χ0v) is 14.3. The highest BCUT2D eigenvalue weighted by molar-refractivity contribution is 7.23. The van der Waals surface area contributed by atoms with Crippen LogP contribution in [0.15, 0.2) is 23.1 Å². The van der Waals surface area contributed by atoms with Crippen molar-refractivity contribution in [1.29, 1.82) is 0 Å². The number of tetrazole rings is 1. The van der Waals surface area contributed by atoms with Crippen molar-refractivity contribution in [3.05, 3.63) is 34.2 Å². The molecule has 1 aromatic carbocycles. The van der Waals surface area contributed by atoms with E-state index in [9.17, 15) is 9.59 Å². The Labute approximate surface area is 148 Å².